The van der Waals surface area contributed by atoms with E-state index in [0.29, 0.717) is 0 Å². The minimum absolute atomic E-state index is 0.0383. The fraction of sp³-hybridized carbons (Fsp3) is 0.640. The van der Waals surface area contributed by atoms with Gasteiger partial charge in [0.15, 0.2) is 0 Å². The van der Waals surface area contributed by atoms with Crippen molar-refractivity contribution in [2.75, 3.05) is 40.4 Å². The highest BCUT2D eigenvalue weighted by Crippen LogP contribution is 1.99. The Morgan fingerprint density at radius 2 is 1.48 bits per heavy atom. The average Bonchev–Trinajstić information content (AvgIpc) is 2.70. The van der Waals surface area contributed by atoms with Crippen molar-refractivity contribution in [2.24, 2.45) is 0 Å². The Bertz CT molecular complexity index is 481. The van der Waals surface area contributed by atoms with E-state index in [2.05, 4.69) is 72.8 Å². The summed E-state index contributed by atoms with van der Waals surface area (Å²) in [6.45, 7) is 5.37. The number of hydrogen-bond acceptors (Lipinski definition) is 3. The fourth-order valence-electron chi connectivity index (χ4n) is 2.71. The molecule has 0 aliphatic carbocycles. The van der Waals surface area contributed by atoms with Crippen LogP contribution in [0, 0.1) is 0 Å². The molecule has 0 unspecified atom stereocenters. The minimum Gasteiger partial charge on any atom is -0.375 e. The first-order chi connectivity index (χ1) is 14.2. The molecule has 1 N–H and O–H groups in total. The second kappa shape index (κ2) is 22.6. The van der Waals surface area contributed by atoms with Crippen molar-refractivity contribution in [2.45, 2.75) is 64.7 Å². The van der Waals surface area contributed by atoms with Crippen molar-refractivity contribution in [3.05, 3.63) is 48.6 Å². The zero-order chi connectivity index (χ0) is 21.4. The third kappa shape index (κ3) is 22.5. The Morgan fingerprint density at radius 1 is 0.862 bits per heavy atom. The van der Waals surface area contributed by atoms with Crippen molar-refractivity contribution in [1.82, 2.24) is 10.2 Å². The lowest BCUT2D eigenvalue weighted by Gasteiger charge is -2.13. The lowest BCUT2D eigenvalue weighted by Crippen LogP contribution is -2.27. The van der Waals surface area contributed by atoms with Crippen molar-refractivity contribution >= 4 is 5.91 Å². The number of carbonyl (C=O) groups excluding carboxylic acids is 1. The number of amides is 1. The molecule has 0 aromatic carbocycles. The van der Waals surface area contributed by atoms with Gasteiger partial charge >= 0.3 is 0 Å². The van der Waals surface area contributed by atoms with Gasteiger partial charge in [0.2, 0.25) is 5.91 Å². The summed E-state index contributed by atoms with van der Waals surface area (Å²) < 4.78 is 4.77. The number of allylic oxidation sites excluding steroid dienone is 7. The minimum atomic E-state index is -0.0383. The number of nitrogens with one attached hydrogen (secondary N) is 1. The Kier molecular flexibility index (Phi) is 21.3. The molecule has 4 heteroatoms. The van der Waals surface area contributed by atoms with E-state index < -0.39 is 0 Å². The van der Waals surface area contributed by atoms with Crippen LogP contribution in [0.25, 0.3) is 0 Å². The molecule has 0 bridgehead atoms. The van der Waals surface area contributed by atoms with Gasteiger partial charge in [0.1, 0.15) is 6.61 Å². The second-order valence-corrected chi connectivity index (χ2v) is 7.34. The van der Waals surface area contributed by atoms with E-state index in [-0.39, 0.29) is 12.5 Å². The first-order valence-electron chi connectivity index (χ1n) is 11.2. The molecule has 4 nitrogen and oxygen atoms in total. The number of carbonyl (C=O) groups is 1. The number of methoxy groups -OCH3 is 1. The molecule has 0 rings (SSSR count). The monoisotopic (exact) mass is 404 g/mol. The third-order valence-electron chi connectivity index (χ3n) is 4.44. The van der Waals surface area contributed by atoms with Crippen LogP contribution in [0.1, 0.15) is 64.7 Å². The summed E-state index contributed by atoms with van der Waals surface area (Å²) in [5.74, 6) is -0.0383. The van der Waals surface area contributed by atoms with Crippen LogP contribution in [0.5, 0.6) is 0 Å². The van der Waals surface area contributed by atoms with Crippen LogP contribution >= 0.6 is 0 Å². The number of rotatable bonds is 19. The fourth-order valence-corrected chi connectivity index (χ4v) is 2.71. The summed E-state index contributed by atoms with van der Waals surface area (Å²) in [4.78, 5) is 13.6. The maximum atomic E-state index is 11.2. The first kappa shape index (κ1) is 27.4. The van der Waals surface area contributed by atoms with E-state index in [1.807, 2.05) is 0 Å². The molecule has 1 amide bonds. The molecular weight excluding hydrogens is 360 g/mol. The number of hydrogen-bond donors (Lipinski definition) is 1. The number of unbranched alkanes of at least 4 members (excludes halogenated alkanes) is 4. The Hall–Kier alpha value is -1.65. The smallest absolute Gasteiger partial charge is 0.245 e. The van der Waals surface area contributed by atoms with Gasteiger partial charge in [-0.3, -0.25) is 4.79 Å². The van der Waals surface area contributed by atoms with Crippen molar-refractivity contribution < 1.29 is 9.53 Å². The van der Waals surface area contributed by atoms with Gasteiger partial charge in [0.05, 0.1) is 0 Å². The number of nitrogens with zero attached hydrogens (tertiary/aromatic N) is 1. The molecule has 0 aliphatic rings. The van der Waals surface area contributed by atoms with Crippen LogP contribution in [-0.4, -0.2) is 51.2 Å². The number of ether oxygens (including phenoxy) is 1. The van der Waals surface area contributed by atoms with Crippen LogP contribution in [0.3, 0.4) is 0 Å². The lowest BCUT2D eigenvalue weighted by molar-refractivity contribution is -0.124. The predicted octanol–water partition coefficient (Wildman–Crippen LogP) is 5.44. The molecule has 0 radical (unpaired) electrons. The predicted molar refractivity (Wildman–Crippen MR) is 126 cm³/mol. The van der Waals surface area contributed by atoms with E-state index in [4.69, 9.17) is 4.74 Å². The highest BCUT2D eigenvalue weighted by atomic mass is 16.5. The summed E-state index contributed by atoms with van der Waals surface area (Å²) >= 11 is 0. The van der Waals surface area contributed by atoms with Gasteiger partial charge in [0, 0.05) is 20.2 Å². The zero-order valence-corrected chi connectivity index (χ0v) is 19.1. The van der Waals surface area contributed by atoms with Crippen LogP contribution in [0.2, 0.25) is 0 Å². The molecule has 166 valence electrons. The van der Waals surface area contributed by atoms with Crippen LogP contribution in [-0.2, 0) is 9.53 Å². The Labute approximate surface area is 179 Å². The van der Waals surface area contributed by atoms with Gasteiger partial charge in [-0.2, -0.15) is 0 Å². The van der Waals surface area contributed by atoms with Crippen molar-refractivity contribution in [1.29, 1.82) is 0 Å². The number of likely N-dealkylation sites (N-methyl/N-ethyl adjacent to an activating group) is 1. The zero-order valence-electron chi connectivity index (χ0n) is 19.1. The maximum Gasteiger partial charge on any atom is 0.245 e. The van der Waals surface area contributed by atoms with Crippen molar-refractivity contribution in [3.8, 4) is 0 Å². The van der Waals surface area contributed by atoms with Gasteiger partial charge in [-0.25, -0.2) is 0 Å². The molecule has 0 atom stereocenters. The highest BCUT2D eigenvalue weighted by molar-refractivity contribution is 5.77. The Morgan fingerprint density at radius 3 is 2.10 bits per heavy atom. The third-order valence-corrected chi connectivity index (χ3v) is 4.44. The van der Waals surface area contributed by atoms with E-state index in [9.17, 15) is 4.79 Å². The molecule has 0 heterocycles. The van der Waals surface area contributed by atoms with Crippen LogP contribution in [0.4, 0.5) is 0 Å². The standard InChI is InChI=1S/C25H44N2O2/c1-4-5-19-22-27(2)23-20-17-15-13-11-9-7-6-8-10-12-14-16-18-21-26-25(28)24-29-3/h6-7,10-13,17,20H,4-5,8-9,14-16,18-19,21-24H2,1-3H3,(H,26,28)/b7-6-,12-10-,13-11-,20-17-. The normalized spacial score (nSPS) is 12.4. The van der Waals surface area contributed by atoms with Crippen LogP contribution < -0.4 is 5.32 Å². The summed E-state index contributed by atoms with van der Waals surface area (Å²) in [5.41, 5.74) is 0. The summed E-state index contributed by atoms with van der Waals surface area (Å²) in [7, 11) is 3.72. The van der Waals surface area contributed by atoms with E-state index >= 15 is 0 Å². The largest absolute Gasteiger partial charge is 0.375 e. The average molecular weight is 405 g/mol. The maximum absolute atomic E-state index is 11.2. The molecule has 0 aromatic heterocycles. The van der Waals surface area contributed by atoms with E-state index in [1.54, 1.807) is 0 Å². The lowest BCUT2D eigenvalue weighted by atomic mass is 10.2. The van der Waals surface area contributed by atoms with E-state index in [1.165, 1.54) is 32.9 Å². The Balaban J connectivity index is 3.49. The molecule has 0 aromatic rings. The molecular formula is C25H44N2O2. The van der Waals surface area contributed by atoms with Crippen LogP contribution in [0.15, 0.2) is 48.6 Å². The molecule has 29 heavy (non-hydrogen) atoms. The van der Waals surface area contributed by atoms with Gasteiger partial charge in [-0.1, -0.05) is 68.4 Å². The molecule has 0 spiro atoms. The van der Waals surface area contributed by atoms with Crippen molar-refractivity contribution in [3.63, 3.8) is 0 Å². The molecule has 0 saturated carbocycles. The van der Waals surface area contributed by atoms with Gasteiger partial charge in [-0.05, 0) is 58.5 Å². The quantitative estimate of drug-likeness (QED) is 0.230. The topological polar surface area (TPSA) is 41.6 Å². The summed E-state index contributed by atoms with van der Waals surface area (Å²) in [6.07, 6.45) is 27.9. The highest BCUT2D eigenvalue weighted by Gasteiger charge is 1.97. The second-order valence-electron chi connectivity index (χ2n) is 7.34. The molecule has 0 aliphatic heterocycles. The summed E-state index contributed by atoms with van der Waals surface area (Å²) in [6, 6.07) is 0. The summed E-state index contributed by atoms with van der Waals surface area (Å²) in [5, 5.41) is 2.83. The van der Waals surface area contributed by atoms with Gasteiger partial charge < -0.3 is 15.0 Å². The van der Waals surface area contributed by atoms with E-state index in [0.717, 1.165) is 51.6 Å². The SMILES string of the molecule is CCCCCN(C)C/C=C\C/C=C\C/C=C\C/C=C\CCCCNC(=O)COC. The molecule has 0 fully saturated rings. The van der Waals surface area contributed by atoms with Gasteiger partial charge in [0.25, 0.3) is 0 Å². The first-order valence-corrected chi connectivity index (χ1v) is 11.2. The van der Waals surface area contributed by atoms with Gasteiger partial charge in [-0.15, -0.1) is 0 Å². The molecule has 0 saturated heterocycles.